The van der Waals surface area contributed by atoms with Crippen molar-refractivity contribution >= 4 is 21.7 Å². The standard InChI is InChI=1S/C12H16BrN5/c1-5-14-12-10(13)8(3)15-11(16-12)9-6-18(4)17-7(9)2/h6H,5H2,1-4H3,(H,14,15,16). The number of hydrogen-bond donors (Lipinski definition) is 1. The van der Waals surface area contributed by atoms with Crippen molar-refractivity contribution in [1.29, 1.82) is 0 Å². The molecule has 0 radical (unpaired) electrons. The Morgan fingerprint density at radius 3 is 2.56 bits per heavy atom. The maximum absolute atomic E-state index is 4.54. The van der Waals surface area contributed by atoms with Crippen LogP contribution < -0.4 is 5.32 Å². The normalized spacial score (nSPS) is 10.7. The molecule has 1 N–H and O–H groups in total. The molecule has 0 aliphatic heterocycles. The minimum Gasteiger partial charge on any atom is -0.369 e. The summed E-state index contributed by atoms with van der Waals surface area (Å²) in [6, 6.07) is 0. The van der Waals surface area contributed by atoms with Crippen molar-refractivity contribution in [3.8, 4) is 11.4 Å². The van der Waals surface area contributed by atoms with Crippen molar-refractivity contribution in [2.75, 3.05) is 11.9 Å². The van der Waals surface area contributed by atoms with Crippen molar-refractivity contribution in [3.05, 3.63) is 22.1 Å². The average molecular weight is 310 g/mol. The number of aromatic nitrogens is 4. The largest absolute Gasteiger partial charge is 0.369 e. The quantitative estimate of drug-likeness (QED) is 0.947. The van der Waals surface area contributed by atoms with Gasteiger partial charge in [-0.05, 0) is 36.7 Å². The van der Waals surface area contributed by atoms with Gasteiger partial charge in [0.15, 0.2) is 5.82 Å². The van der Waals surface area contributed by atoms with Gasteiger partial charge in [-0.3, -0.25) is 4.68 Å². The first-order chi connectivity index (χ1) is 8.52. The van der Waals surface area contributed by atoms with E-state index in [1.54, 1.807) is 4.68 Å². The number of hydrogen-bond acceptors (Lipinski definition) is 4. The highest BCUT2D eigenvalue weighted by atomic mass is 79.9. The van der Waals surface area contributed by atoms with Crippen LogP contribution in [0.5, 0.6) is 0 Å². The SMILES string of the molecule is CCNc1nc(-c2cn(C)nc2C)nc(C)c1Br. The van der Waals surface area contributed by atoms with E-state index >= 15 is 0 Å². The van der Waals surface area contributed by atoms with Gasteiger partial charge >= 0.3 is 0 Å². The zero-order chi connectivity index (χ0) is 13.3. The molecule has 0 aromatic carbocycles. The molecule has 0 bridgehead atoms. The molecule has 6 heteroatoms. The Balaban J connectivity index is 2.55. The summed E-state index contributed by atoms with van der Waals surface area (Å²) >= 11 is 3.50. The molecule has 2 rings (SSSR count). The predicted octanol–water partition coefficient (Wildman–Crippen LogP) is 2.69. The van der Waals surface area contributed by atoms with Crippen LogP contribution in [0.3, 0.4) is 0 Å². The van der Waals surface area contributed by atoms with Crippen molar-refractivity contribution in [3.63, 3.8) is 0 Å². The number of rotatable bonds is 3. The third-order valence-corrected chi connectivity index (χ3v) is 3.56. The van der Waals surface area contributed by atoms with E-state index in [0.29, 0.717) is 5.82 Å². The van der Waals surface area contributed by atoms with Gasteiger partial charge in [-0.1, -0.05) is 0 Å². The second-order valence-electron chi connectivity index (χ2n) is 4.13. The third-order valence-electron chi connectivity index (χ3n) is 2.62. The molecule has 0 spiro atoms. The first-order valence-electron chi connectivity index (χ1n) is 5.81. The second kappa shape index (κ2) is 5.06. The lowest BCUT2D eigenvalue weighted by atomic mass is 10.2. The van der Waals surface area contributed by atoms with Gasteiger partial charge in [0.1, 0.15) is 5.82 Å². The summed E-state index contributed by atoms with van der Waals surface area (Å²) in [6.07, 6.45) is 1.94. The van der Waals surface area contributed by atoms with Gasteiger partial charge in [0, 0.05) is 19.8 Å². The summed E-state index contributed by atoms with van der Waals surface area (Å²) in [6.45, 7) is 6.78. The summed E-state index contributed by atoms with van der Waals surface area (Å²) in [5, 5.41) is 7.55. The van der Waals surface area contributed by atoms with E-state index in [-0.39, 0.29) is 0 Å². The molecule has 2 heterocycles. The Morgan fingerprint density at radius 2 is 2.00 bits per heavy atom. The number of halogens is 1. The van der Waals surface area contributed by atoms with Crippen LogP contribution in [0.25, 0.3) is 11.4 Å². The molecule has 5 nitrogen and oxygen atoms in total. The van der Waals surface area contributed by atoms with Crippen molar-refractivity contribution in [1.82, 2.24) is 19.7 Å². The molecule has 0 amide bonds. The fourth-order valence-corrected chi connectivity index (χ4v) is 2.10. The smallest absolute Gasteiger partial charge is 0.165 e. The van der Waals surface area contributed by atoms with Crippen LogP contribution in [0.2, 0.25) is 0 Å². The number of aryl methyl sites for hydroxylation is 3. The summed E-state index contributed by atoms with van der Waals surface area (Å²) in [7, 11) is 1.90. The van der Waals surface area contributed by atoms with Gasteiger partial charge in [-0.2, -0.15) is 5.10 Å². The van der Waals surface area contributed by atoms with E-state index in [9.17, 15) is 0 Å². The van der Waals surface area contributed by atoms with Crippen LogP contribution >= 0.6 is 15.9 Å². The fourth-order valence-electron chi connectivity index (χ4n) is 1.78. The van der Waals surface area contributed by atoms with Crippen LogP contribution in [-0.4, -0.2) is 26.3 Å². The van der Waals surface area contributed by atoms with Gasteiger partial charge in [-0.15, -0.1) is 0 Å². The average Bonchev–Trinajstić information content (AvgIpc) is 2.64. The number of nitrogens with one attached hydrogen (secondary N) is 1. The maximum Gasteiger partial charge on any atom is 0.165 e. The molecule has 2 aromatic heterocycles. The molecule has 0 saturated heterocycles. The van der Waals surface area contributed by atoms with Crippen molar-refractivity contribution in [2.24, 2.45) is 7.05 Å². The summed E-state index contributed by atoms with van der Waals surface area (Å²) < 4.78 is 2.69. The Hall–Kier alpha value is -1.43. The van der Waals surface area contributed by atoms with Gasteiger partial charge in [0.05, 0.1) is 21.4 Å². The molecule has 0 atom stereocenters. The summed E-state index contributed by atoms with van der Waals surface area (Å²) in [4.78, 5) is 9.05. The number of anilines is 1. The predicted molar refractivity (Wildman–Crippen MR) is 75.6 cm³/mol. The van der Waals surface area contributed by atoms with E-state index in [1.165, 1.54) is 0 Å². The first kappa shape index (κ1) is 13.0. The van der Waals surface area contributed by atoms with Crippen LogP contribution in [0.15, 0.2) is 10.7 Å². The zero-order valence-corrected chi connectivity index (χ0v) is 12.5. The molecule has 0 fully saturated rings. The van der Waals surface area contributed by atoms with Crippen molar-refractivity contribution < 1.29 is 0 Å². The molecular weight excluding hydrogens is 294 g/mol. The Kier molecular flexibility index (Phi) is 3.65. The minimum atomic E-state index is 0.706. The number of nitrogens with zero attached hydrogens (tertiary/aromatic N) is 4. The minimum absolute atomic E-state index is 0.706. The molecule has 96 valence electrons. The highest BCUT2D eigenvalue weighted by molar-refractivity contribution is 9.10. The van der Waals surface area contributed by atoms with E-state index in [4.69, 9.17) is 0 Å². The molecule has 0 saturated carbocycles. The second-order valence-corrected chi connectivity index (χ2v) is 4.92. The monoisotopic (exact) mass is 309 g/mol. The topological polar surface area (TPSA) is 55.6 Å². The van der Waals surface area contributed by atoms with Gasteiger partial charge in [0.2, 0.25) is 0 Å². The maximum atomic E-state index is 4.54. The molecule has 18 heavy (non-hydrogen) atoms. The zero-order valence-electron chi connectivity index (χ0n) is 11.0. The molecule has 0 unspecified atom stereocenters. The Labute approximate surface area is 115 Å². The van der Waals surface area contributed by atoms with Crippen molar-refractivity contribution in [2.45, 2.75) is 20.8 Å². The first-order valence-corrected chi connectivity index (χ1v) is 6.60. The lowest BCUT2D eigenvalue weighted by molar-refractivity contribution is 0.756. The van der Waals surface area contributed by atoms with Crippen LogP contribution in [0.1, 0.15) is 18.3 Å². The van der Waals surface area contributed by atoms with E-state index in [0.717, 1.165) is 33.8 Å². The Bertz CT molecular complexity index is 576. The summed E-state index contributed by atoms with van der Waals surface area (Å²) in [5.74, 6) is 1.53. The molecule has 0 aliphatic carbocycles. The molecular formula is C12H16BrN5. The van der Waals surface area contributed by atoms with Crippen LogP contribution in [0, 0.1) is 13.8 Å². The highest BCUT2D eigenvalue weighted by Crippen LogP contribution is 2.27. The van der Waals surface area contributed by atoms with E-state index in [2.05, 4.69) is 36.3 Å². The van der Waals surface area contributed by atoms with Gasteiger partial charge in [0.25, 0.3) is 0 Å². The Morgan fingerprint density at radius 1 is 1.28 bits per heavy atom. The lowest BCUT2D eigenvalue weighted by Gasteiger charge is -2.09. The van der Waals surface area contributed by atoms with Gasteiger partial charge in [-0.25, -0.2) is 9.97 Å². The lowest BCUT2D eigenvalue weighted by Crippen LogP contribution is -2.04. The van der Waals surface area contributed by atoms with Crippen LogP contribution in [0.4, 0.5) is 5.82 Å². The highest BCUT2D eigenvalue weighted by Gasteiger charge is 2.13. The van der Waals surface area contributed by atoms with E-state index < -0.39 is 0 Å². The fraction of sp³-hybridized carbons (Fsp3) is 0.417. The third kappa shape index (κ3) is 2.38. The summed E-state index contributed by atoms with van der Waals surface area (Å²) in [5.41, 5.74) is 2.81. The van der Waals surface area contributed by atoms with E-state index in [1.807, 2.05) is 34.0 Å². The van der Waals surface area contributed by atoms with Gasteiger partial charge < -0.3 is 5.32 Å². The molecule has 2 aromatic rings. The van der Waals surface area contributed by atoms with Crippen LogP contribution in [-0.2, 0) is 7.05 Å². The molecule has 0 aliphatic rings.